The van der Waals surface area contributed by atoms with Crippen LogP contribution in [0.2, 0.25) is 0 Å². The zero-order chi connectivity index (χ0) is 26.5. The highest BCUT2D eigenvalue weighted by Gasteiger charge is 2.39. The lowest BCUT2D eigenvalue weighted by atomic mass is 9.93. The van der Waals surface area contributed by atoms with Gasteiger partial charge in [0.05, 0.1) is 25.2 Å². The first kappa shape index (κ1) is 26.6. The van der Waals surface area contributed by atoms with Gasteiger partial charge >= 0.3 is 5.97 Å². The van der Waals surface area contributed by atoms with Crippen molar-refractivity contribution in [1.29, 1.82) is 0 Å². The number of fused-ring (bicyclic) bond motifs is 1. The van der Waals surface area contributed by atoms with Crippen molar-refractivity contribution in [3.05, 3.63) is 77.4 Å². The van der Waals surface area contributed by atoms with Gasteiger partial charge in [0.1, 0.15) is 0 Å². The first-order valence-corrected chi connectivity index (χ1v) is 12.6. The van der Waals surface area contributed by atoms with E-state index in [0.717, 1.165) is 11.1 Å². The SMILES string of the molecule is CO[C@@H](c1ccc(N2C(=O)CC2OC(C)=O)cc1)[C@@H](C)/C=C/CC(=O)N1Cc2ccccc2C[C@H]1CO. The minimum atomic E-state index is -0.563. The van der Waals surface area contributed by atoms with Crippen LogP contribution in [0.5, 0.6) is 0 Å². The van der Waals surface area contributed by atoms with E-state index in [2.05, 4.69) is 6.07 Å². The van der Waals surface area contributed by atoms with Crippen LogP contribution in [0.3, 0.4) is 0 Å². The molecular formula is C29H34N2O6. The molecule has 0 saturated carbocycles. The van der Waals surface area contributed by atoms with Gasteiger partial charge in [0.15, 0.2) is 6.23 Å². The highest BCUT2D eigenvalue weighted by Crippen LogP contribution is 2.32. The molecule has 0 spiro atoms. The van der Waals surface area contributed by atoms with E-state index in [0.29, 0.717) is 18.7 Å². The molecule has 196 valence electrons. The number of carbonyl (C=O) groups excluding carboxylic acids is 3. The first-order valence-electron chi connectivity index (χ1n) is 12.6. The molecule has 1 saturated heterocycles. The summed E-state index contributed by atoms with van der Waals surface area (Å²) < 4.78 is 10.9. The molecular weight excluding hydrogens is 472 g/mol. The summed E-state index contributed by atoms with van der Waals surface area (Å²) in [7, 11) is 1.64. The number of β-lactam (4-membered cyclic amide) rings is 1. The number of nitrogens with zero attached hydrogens (tertiary/aromatic N) is 2. The molecule has 2 aliphatic heterocycles. The second kappa shape index (κ2) is 11.7. The van der Waals surface area contributed by atoms with E-state index in [-0.39, 0.29) is 49.3 Å². The third-order valence-electron chi connectivity index (χ3n) is 7.06. The summed E-state index contributed by atoms with van der Waals surface area (Å²) in [6, 6.07) is 15.3. The lowest BCUT2D eigenvalue weighted by Gasteiger charge is -2.39. The van der Waals surface area contributed by atoms with E-state index >= 15 is 0 Å². The molecule has 1 fully saturated rings. The van der Waals surface area contributed by atoms with Gasteiger partial charge in [-0.25, -0.2) is 0 Å². The van der Waals surface area contributed by atoms with Crippen LogP contribution in [0.25, 0.3) is 0 Å². The second-order valence-electron chi connectivity index (χ2n) is 9.60. The second-order valence-corrected chi connectivity index (χ2v) is 9.60. The van der Waals surface area contributed by atoms with Gasteiger partial charge in [-0.3, -0.25) is 19.3 Å². The summed E-state index contributed by atoms with van der Waals surface area (Å²) in [6.07, 6.45) is 4.12. The Morgan fingerprint density at radius 1 is 1.11 bits per heavy atom. The Morgan fingerprint density at radius 3 is 2.43 bits per heavy atom. The predicted molar refractivity (Wildman–Crippen MR) is 138 cm³/mol. The first-order chi connectivity index (χ1) is 17.8. The van der Waals surface area contributed by atoms with Crippen molar-refractivity contribution in [3.8, 4) is 0 Å². The molecule has 2 aromatic rings. The molecule has 1 unspecified atom stereocenters. The smallest absolute Gasteiger partial charge is 0.304 e. The van der Waals surface area contributed by atoms with E-state index < -0.39 is 12.2 Å². The molecule has 2 aliphatic rings. The van der Waals surface area contributed by atoms with Crippen LogP contribution in [0.15, 0.2) is 60.7 Å². The lowest BCUT2D eigenvalue weighted by Crippen LogP contribution is -2.54. The highest BCUT2D eigenvalue weighted by atomic mass is 16.6. The molecule has 1 N–H and O–H groups in total. The number of methoxy groups -OCH3 is 1. The number of benzene rings is 2. The Labute approximate surface area is 217 Å². The fourth-order valence-corrected chi connectivity index (χ4v) is 5.11. The van der Waals surface area contributed by atoms with E-state index in [1.54, 1.807) is 12.0 Å². The van der Waals surface area contributed by atoms with Crippen molar-refractivity contribution in [3.63, 3.8) is 0 Å². The number of amides is 2. The van der Waals surface area contributed by atoms with Gasteiger partial charge in [-0.05, 0) is 35.2 Å². The van der Waals surface area contributed by atoms with Crippen LogP contribution in [0.4, 0.5) is 5.69 Å². The van der Waals surface area contributed by atoms with Gasteiger partial charge in [0, 0.05) is 38.6 Å². The van der Waals surface area contributed by atoms with E-state index in [4.69, 9.17) is 9.47 Å². The Morgan fingerprint density at radius 2 is 1.81 bits per heavy atom. The number of ether oxygens (including phenoxy) is 2. The van der Waals surface area contributed by atoms with Crippen LogP contribution in [0, 0.1) is 5.92 Å². The molecule has 0 aliphatic carbocycles. The Balaban J connectivity index is 1.37. The summed E-state index contributed by atoms with van der Waals surface area (Å²) in [6.45, 7) is 3.79. The fraction of sp³-hybridized carbons (Fsp3) is 0.414. The maximum absolute atomic E-state index is 13.0. The third kappa shape index (κ3) is 5.92. The standard InChI is InChI=1S/C29H34N2O6/c1-19(7-6-10-26(34)30-17-23-9-5-4-8-22(23)15-25(30)18-32)29(36-3)21-11-13-24(14-12-21)31-27(35)16-28(31)37-20(2)33/h4-9,11-14,19,25,28-29,32H,10,15-18H2,1-3H3/b7-6+/t19-,25-,28?,29+/m0/s1. The van der Waals surface area contributed by atoms with Gasteiger partial charge in [0.2, 0.25) is 11.8 Å². The summed E-state index contributed by atoms with van der Waals surface area (Å²) in [5, 5.41) is 9.85. The van der Waals surface area contributed by atoms with Crippen LogP contribution < -0.4 is 4.90 Å². The van der Waals surface area contributed by atoms with Gasteiger partial charge in [-0.2, -0.15) is 0 Å². The maximum Gasteiger partial charge on any atom is 0.304 e. The summed E-state index contributed by atoms with van der Waals surface area (Å²) >= 11 is 0. The molecule has 8 nitrogen and oxygen atoms in total. The number of aliphatic hydroxyl groups is 1. The van der Waals surface area contributed by atoms with Crippen molar-refractivity contribution >= 4 is 23.5 Å². The quantitative estimate of drug-likeness (QED) is 0.318. The Kier molecular flexibility index (Phi) is 8.41. The van der Waals surface area contributed by atoms with Crippen molar-refractivity contribution in [2.45, 2.75) is 58.0 Å². The summed E-state index contributed by atoms with van der Waals surface area (Å²) in [5.41, 5.74) is 3.90. The highest BCUT2D eigenvalue weighted by molar-refractivity contribution is 6.00. The van der Waals surface area contributed by atoms with Crippen LogP contribution >= 0.6 is 0 Å². The zero-order valence-corrected chi connectivity index (χ0v) is 21.5. The number of esters is 1. The summed E-state index contributed by atoms with van der Waals surface area (Å²) in [5.74, 6) is -0.547. The van der Waals surface area contributed by atoms with Crippen LogP contribution in [-0.2, 0) is 36.8 Å². The molecule has 2 aromatic carbocycles. The van der Waals surface area contributed by atoms with Crippen molar-refractivity contribution in [2.24, 2.45) is 5.92 Å². The molecule has 0 bridgehead atoms. The average molecular weight is 507 g/mol. The Hall–Kier alpha value is -3.49. The van der Waals surface area contributed by atoms with Gasteiger partial charge in [-0.1, -0.05) is 55.5 Å². The third-order valence-corrected chi connectivity index (χ3v) is 7.06. The number of hydrogen-bond donors (Lipinski definition) is 1. The molecule has 4 atom stereocenters. The Bertz CT molecular complexity index is 1160. The topological polar surface area (TPSA) is 96.4 Å². The monoisotopic (exact) mass is 506 g/mol. The number of aliphatic hydroxyl groups excluding tert-OH is 1. The normalized spacial score (nSPS) is 20.8. The average Bonchev–Trinajstić information content (AvgIpc) is 2.88. The molecule has 37 heavy (non-hydrogen) atoms. The molecule has 8 heteroatoms. The summed E-state index contributed by atoms with van der Waals surface area (Å²) in [4.78, 5) is 39.6. The lowest BCUT2D eigenvalue weighted by molar-refractivity contribution is -0.153. The molecule has 4 rings (SSSR count). The van der Waals surface area contributed by atoms with E-state index in [1.807, 2.05) is 61.5 Å². The largest absolute Gasteiger partial charge is 0.441 e. The van der Waals surface area contributed by atoms with E-state index in [1.165, 1.54) is 17.4 Å². The number of hydrogen-bond acceptors (Lipinski definition) is 6. The predicted octanol–water partition coefficient (Wildman–Crippen LogP) is 3.53. The minimum absolute atomic E-state index is 0.0150. The van der Waals surface area contributed by atoms with E-state index in [9.17, 15) is 19.5 Å². The molecule has 2 heterocycles. The van der Waals surface area contributed by atoms with Gasteiger partial charge in [-0.15, -0.1) is 0 Å². The number of anilines is 1. The molecule has 0 aromatic heterocycles. The van der Waals surface area contributed by atoms with Crippen molar-refractivity contribution in [2.75, 3.05) is 18.6 Å². The maximum atomic E-state index is 13.0. The molecule has 2 amide bonds. The number of rotatable bonds is 9. The fourth-order valence-electron chi connectivity index (χ4n) is 5.11. The van der Waals surface area contributed by atoms with Crippen LogP contribution in [-0.4, -0.2) is 53.8 Å². The molecule has 0 radical (unpaired) electrons. The van der Waals surface area contributed by atoms with Crippen LogP contribution in [0.1, 0.15) is 49.5 Å². The van der Waals surface area contributed by atoms with Gasteiger partial charge in [0.25, 0.3) is 0 Å². The van der Waals surface area contributed by atoms with Crippen molar-refractivity contribution < 1.29 is 29.0 Å². The van der Waals surface area contributed by atoms with Gasteiger partial charge < -0.3 is 19.5 Å². The number of carbonyl (C=O) groups is 3. The zero-order valence-electron chi connectivity index (χ0n) is 21.5. The minimum Gasteiger partial charge on any atom is -0.441 e. The van der Waals surface area contributed by atoms with Crippen molar-refractivity contribution in [1.82, 2.24) is 4.90 Å².